The molecule has 0 aliphatic carbocycles. The summed E-state index contributed by atoms with van der Waals surface area (Å²) in [6.07, 6.45) is 0. The molecule has 0 atom stereocenters. The normalized spacial score (nSPS) is 10.0. The van der Waals surface area contributed by atoms with Crippen molar-refractivity contribution in [3.8, 4) is 0 Å². The molecule has 0 bridgehead atoms. The third-order valence-corrected chi connectivity index (χ3v) is 2.68. The van der Waals surface area contributed by atoms with Crippen LogP contribution in [0.5, 0.6) is 0 Å². The summed E-state index contributed by atoms with van der Waals surface area (Å²) in [5, 5.41) is 7.78. The molecule has 0 aliphatic rings. The number of carbonyl (C=O) groups excluding carboxylic acids is 3. The lowest BCUT2D eigenvalue weighted by molar-refractivity contribution is -0.123. The fraction of sp³-hybridized carbons (Fsp3) is 0.400. The summed E-state index contributed by atoms with van der Waals surface area (Å²) < 4.78 is 4.83. The molecule has 0 saturated heterocycles. The van der Waals surface area contributed by atoms with Gasteiger partial charge in [0.25, 0.3) is 5.91 Å². The fourth-order valence-corrected chi connectivity index (χ4v) is 1.54. The molecule has 3 N–H and O–H groups in total. The van der Waals surface area contributed by atoms with E-state index in [1.807, 2.05) is 13.8 Å². The molecule has 0 radical (unpaired) electrons. The molecule has 7 nitrogen and oxygen atoms in total. The minimum Gasteiger partial charge on any atom is -0.452 e. The van der Waals surface area contributed by atoms with Crippen LogP contribution in [-0.4, -0.2) is 37.6 Å². The van der Waals surface area contributed by atoms with Crippen LogP contribution in [0.3, 0.4) is 0 Å². The molecule has 0 aromatic heterocycles. The van der Waals surface area contributed by atoms with Gasteiger partial charge in [0.05, 0.1) is 5.56 Å². The van der Waals surface area contributed by atoms with Gasteiger partial charge in [-0.3, -0.25) is 4.79 Å². The van der Waals surface area contributed by atoms with Crippen molar-refractivity contribution in [1.82, 2.24) is 16.0 Å². The summed E-state index contributed by atoms with van der Waals surface area (Å²) >= 11 is 0. The molecule has 7 heteroatoms. The van der Waals surface area contributed by atoms with Crippen molar-refractivity contribution in [3.05, 3.63) is 35.4 Å². The van der Waals surface area contributed by atoms with Gasteiger partial charge in [-0.2, -0.15) is 0 Å². The second kappa shape index (κ2) is 8.66. The molecule has 0 unspecified atom stereocenters. The number of hydrogen-bond acceptors (Lipinski definition) is 4. The van der Waals surface area contributed by atoms with Crippen molar-refractivity contribution in [2.24, 2.45) is 0 Å². The zero-order valence-electron chi connectivity index (χ0n) is 12.9. The van der Waals surface area contributed by atoms with Gasteiger partial charge in [0.15, 0.2) is 6.61 Å². The molecule has 0 spiro atoms. The monoisotopic (exact) mass is 307 g/mol. The number of amides is 3. The smallest absolute Gasteiger partial charge is 0.338 e. The van der Waals surface area contributed by atoms with Crippen LogP contribution < -0.4 is 16.0 Å². The average molecular weight is 307 g/mol. The predicted octanol–water partition coefficient (Wildman–Crippen LogP) is 0.797. The highest BCUT2D eigenvalue weighted by Gasteiger charge is 2.09. The van der Waals surface area contributed by atoms with E-state index >= 15 is 0 Å². The lowest BCUT2D eigenvalue weighted by Gasteiger charge is -2.10. The van der Waals surface area contributed by atoms with Crippen LogP contribution in [0.15, 0.2) is 24.3 Å². The largest absolute Gasteiger partial charge is 0.452 e. The number of esters is 1. The SMILES string of the molecule is CNC(=O)COC(=O)c1ccc(CNC(=O)NC(C)C)cc1. The second-order valence-electron chi connectivity index (χ2n) is 4.93. The maximum Gasteiger partial charge on any atom is 0.338 e. The summed E-state index contributed by atoms with van der Waals surface area (Å²) in [5.74, 6) is -0.939. The van der Waals surface area contributed by atoms with Crippen molar-refractivity contribution in [1.29, 1.82) is 0 Å². The number of hydrogen-bond donors (Lipinski definition) is 3. The van der Waals surface area contributed by atoms with Gasteiger partial charge in [-0.1, -0.05) is 12.1 Å². The van der Waals surface area contributed by atoms with Gasteiger partial charge in [0.1, 0.15) is 0 Å². The van der Waals surface area contributed by atoms with E-state index in [0.29, 0.717) is 12.1 Å². The fourth-order valence-electron chi connectivity index (χ4n) is 1.54. The van der Waals surface area contributed by atoms with E-state index in [2.05, 4.69) is 16.0 Å². The van der Waals surface area contributed by atoms with Crippen LogP contribution in [0.2, 0.25) is 0 Å². The Labute approximate surface area is 129 Å². The topological polar surface area (TPSA) is 96.5 Å². The van der Waals surface area contributed by atoms with E-state index in [0.717, 1.165) is 5.56 Å². The van der Waals surface area contributed by atoms with Crippen molar-refractivity contribution in [2.45, 2.75) is 26.4 Å². The quantitative estimate of drug-likeness (QED) is 0.677. The first-order valence-corrected chi connectivity index (χ1v) is 6.93. The Morgan fingerprint density at radius 2 is 1.77 bits per heavy atom. The van der Waals surface area contributed by atoms with Crippen molar-refractivity contribution in [3.63, 3.8) is 0 Å². The number of carbonyl (C=O) groups is 3. The molecule has 1 aromatic carbocycles. The van der Waals surface area contributed by atoms with E-state index in [-0.39, 0.29) is 24.6 Å². The standard InChI is InChI=1S/C15H21N3O4/c1-10(2)18-15(21)17-8-11-4-6-12(7-5-11)14(20)22-9-13(19)16-3/h4-7,10H,8-9H2,1-3H3,(H,16,19)(H2,17,18,21). The maximum absolute atomic E-state index is 11.7. The molecular formula is C15H21N3O4. The number of benzene rings is 1. The Balaban J connectivity index is 2.47. The van der Waals surface area contributed by atoms with Crippen LogP contribution >= 0.6 is 0 Å². The number of urea groups is 1. The summed E-state index contributed by atoms with van der Waals surface area (Å²) in [6.45, 7) is 3.79. The first-order valence-electron chi connectivity index (χ1n) is 6.93. The third kappa shape index (κ3) is 6.25. The summed E-state index contributed by atoms with van der Waals surface area (Å²) in [6, 6.07) is 6.42. The average Bonchev–Trinajstić information content (AvgIpc) is 2.50. The zero-order chi connectivity index (χ0) is 16.5. The van der Waals surface area contributed by atoms with Gasteiger partial charge in [0.2, 0.25) is 0 Å². The number of nitrogens with one attached hydrogen (secondary N) is 3. The summed E-state index contributed by atoms with van der Waals surface area (Å²) in [7, 11) is 1.47. The van der Waals surface area contributed by atoms with Crippen molar-refractivity contribution < 1.29 is 19.1 Å². The van der Waals surface area contributed by atoms with E-state index in [4.69, 9.17) is 4.74 Å². The highest BCUT2D eigenvalue weighted by Crippen LogP contribution is 2.06. The van der Waals surface area contributed by atoms with Gasteiger partial charge in [-0.15, -0.1) is 0 Å². The Bertz CT molecular complexity index is 526. The first kappa shape index (κ1) is 17.5. The molecular weight excluding hydrogens is 286 g/mol. The Hall–Kier alpha value is -2.57. The number of likely N-dealkylation sites (N-methyl/N-ethyl adjacent to an activating group) is 1. The minimum atomic E-state index is -0.569. The van der Waals surface area contributed by atoms with E-state index in [1.165, 1.54) is 7.05 Å². The van der Waals surface area contributed by atoms with Crippen LogP contribution in [0.4, 0.5) is 4.79 Å². The van der Waals surface area contributed by atoms with Gasteiger partial charge < -0.3 is 20.7 Å². The van der Waals surface area contributed by atoms with Gasteiger partial charge in [0, 0.05) is 19.6 Å². The second-order valence-corrected chi connectivity index (χ2v) is 4.93. The van der Waals surface area contributed by atoms with Gasteiger partial charge >= 0.3 is 12.0 Å². The van der Waals surface area contributed by atoms with Crippen LogP contribution in [0.25, 0.3) is 0 Å². The first-order chi connectivity index (χ1) is 10.4. The van der Waals surface area contributed by atoms with E-state index in [9.17, 15) is 14.4 Å². The lowest BCUT2D eigenvalue weighted by Crippen LogP contribution is -2.39. The van der Waals surface area contributed by atoms with Crippen molar-refractivity contribution in [2.75, 3.05) is 13.7 Å². The van der Waals surface area contributed by atoms with Gasteiger partial charge in [-0.05, 0) is 31.5 Å². The lowest BCUT2D eigenvalue weighted by atomic mass is 10.1. The predicted molar refractivity (Wildman–Crippen MR) is 81.3 cm³/mol. The maximum atomic E-state index is 11.7. The van der Waals surface area contributed by atoms with Gasteiger partial charge in [-0.25, -0.2) is 9.59 Å². The summed E-state index contributed by atoms with van der Waals surface area (Å²) in [4.78, 5) is 34.1. The zero-order valence-corrected chi connectivity index (χ0v) is 12.9. The summed E-state index contributed by atoms with van der Waals surface area (Å²) in [5.41, 5.74) is 1.20. The van der Waals surface area contributed by atoms with E-state index in [1.54, 1.807) is 24.3 Å². The Kier molecular flexibility index (Phi) is 6.88. The molecule has 3 amide bonds. The van der Waals surface area contributed by atoms with Crippen LogP contribution in [0, 0.1) is 0 Å². The number of rotatable bonds is 6. The Morgan fingerprint density at radius 3 is 2.32 bits per heavy atom. The minimum absolute atomic E-state index is 0.0671. The molecule has 0 fully saturated rings. The molecule has 0 aliphatic heterocycles. The molecule has 1 rings (SSSR count). The van der Waals surface area contributed by atoms with Crippen LogP contribution in [0.1, 0.15) is 29.8 Å². The molecule has 22 heavy (non-hydrogen) atoms. The third-order valence-electron chi connectivity index (χ3n) is 2.68. The highest BCUT2D eigenvalue weighted by atomic mass is 16.5. The number of ether oxygens (including phenoxy) is 1. The van der Waals surface area contributed by atoms with Crippen LogP contribution in [-0.2, 0) is 16.1 Å². The highest BCUT2D eigenvalue weighted by molar-refractivity contribution is 5.91. The molecule has 120 valence electrons. The van der Waals surface area contributed by atoms with E-state index < -0.39 is 5.97 Å². The Morgan fingerprint density at radius 1 is 1.14 bits per heavy atom. The molecule has 0 saturated carbocycles. The van der Waals surface area contributed by atoms with Crippen molar-refractivity contribution >= 4 is 17.9 Å². The molecule has 0 heterocycles. The molecule has 1 aromatic rings.